The molecule has 0 spiro atoms. The average Bonchev–Trinajstić information content (AvgIpc) is 2.92. The van der Waals surface area contributed by atoms with Crippen LogP contribution in [-0.2, 0) is 54.1 Å². The fourth-order valence-electron chi connectivity index (χ4n) is 5.47. The van der Waals surface area contributed by atoms with Crippen molar-refractivity contribution in [1.29, 1.82) is 0 Å². The van der Waals surface area contributed by atoms with Crippen molar-refractivity contribution in [1.82, 2.24) is 0 Å². The second-order valence-corrected chi connectivity index (χ2v) is 41.4. The fraction of sp³-hybridized carbons (Fsp3) is 1.00. The summed E-state index contributed by atoms with van der Waals surface area (Å²) in [6.45, 7) is 21.3. The van der Waals surface area contributed by atoms with Crippen LogP contribution in [-0.4, -0.2) is 143 Å². The van der Waals surface area contributed by atoms with Gasteiger partial charge in [-0.05, 0) is 115 Å². The molecule has 3 rings (SSSR count). The van der Waals surface area contributed by atoms with E-state index in [0.29, 0.717) is 19.5 Å². The second kappa shape index (κ2) is 23.3. The average molecular weight is 897 g/mol. The summed E-state index contributed by atoms with van der Waals surface area (Å²) in [5.41, 5.74) is 0. The summed E-state index contributed by atoms with van der Waals surface area (Å²) in [6.07, 6.45) is 0.406. The third-order valence-corrected chi connectivity index (χ3v) is 44.6. The van der Waals surface area contributed by atoms with E-state index < -0.39 is 101 Å². The Balaban J connectivity index is 1.47. The van der Waals surface area contributed by atoms with E-state index in [4.69, 9.17) is 54.1 Å². The van der Waals surface area contributed by atoms with Crippen LogP contribution in [0.5, 0.6) is 0 Å². The summed E-state index contributed by atoms with van der Waals surface area (Å²) in [5, 5.41) is 0. The van der Waals surface area contributed by atoms with Crippen LogP contribution in [0.25, 0.3) is 0 Å². The van der Waals surface area contributed by atoms with Gasteiger partial charge in [-0.1, -0.05) is 0 Å². The Morgan fingerprint density at radius 1 is 0.702 bits per heavy atom. The van der Waals surface area contributed by atoms with E-state index in [9.17, 15) is 0 Å². The van der Waals surface area contributed by atoms with Crippen LogP contribution >= 0.6 is 0 Å². The summed E-state index contributed by atoms with van der Waals surface area (Å²) in [7, 11) is -17.2. The monoisotopic (exact) mass is 895 g/mol. The Morgan fingerprint density at radius 2 is 1.21 bits per heavy atom. The lowest BCUT2D eigenvalue weighted by molar-refractivity contribution is 0.184. The maximum atomic E-state index is 6.52. The van der Waals surface area contributed by atoms with Crippen LogP contribution in [0.15, 0.2) is 0 Å². The molecule has 47 heavy (non-hydrogen) atoms. The van der Waals surface area contributed by atoms with Crippen molar-refractivity contribution in [3.05, 3.63) is 0 Å². The highest BCUT2D eigenvalue weighted by atomic mass is 28.5. The first-order valence-corrected chi connectivity index (χ1v) is 42.2. The molecule has 0 saturated carbocycles. The van der Waals surface area contributed by atoms with Gasteiger partial charge < -0.3 is 54.1 Å². The maximum absolute atomic E-state index is 6.52. The van der Waals surface area contributed by atoms with E-state index in [1.165, 1.54) is 0 Å². The highest BCUT2D eigenvalue weighted by Gasteiger charge is 2.40. The molecular formula is C20H55O13Si14. The van der Waals surface area contributed by atoms with Crippen molar-refractivity contribution in [2.45, 2.75) is 127 Å². The highest BCUT2D eigenvalue weighted by molar-refractivity contribution is 6.81. The molecule has 8 unspecified atom stereocenters. The first-order valence-electron chi connectivity index (χ1n) is 16.7. The fourth-order valence-corrected chi connectivity index (χ4v) is 44.1. The summed E-state index contributed by atoms with van der Waals surface area (Å²) in [4.78, 5) is 0. The molecule has 3 saturated heterocycles. The maximum Gasteiger partial charge on any atom is 0.411 e. The van der Waals surface area contributed by atoms with Crippen molar-refractivity contribution in [2.75, 3.05) is 0 Å². The summed E-state index contributed by atoms with van der Waals surface area (Å²) < 4.78 is 81.5. The predicted molar refractivity (Wildman–Crippen MR) is 209 cm³/mol. The van der Waals surface area contributed by atoms with Gasteiger partial charge in [0.1, 0.15) is 0 Å². The van der Waals surface area contributed by atoms with Gasteiger partial charge in [-0.15, -0.1) is 0 Å². The zero-order valence-electron chi connectivity index (χ0n) is 29.7. The Labute approximate surface area is 309 Å². The molecule has 0 aromatic rings. The van der Waals surface area contributed by atoms with E-state index in [1.54, 1.807) is 0 Å². The lowest BCUT2D eigenvalue weighted by Gasteiger charge is -2.37. The minimum Gasteiger partial charge on any atom is -0.441 e. The standard InChI is InChI=1S/C20H55O13Si14/c1-19-17-37(3)26-39(5)30-44(21-19)13-11-34-23-36-25-46(15-16-47(10)32-42(8)28-41(7)29-43(9)33-47)24-35-12-14-45-22-20(2)18-38(4)27-40(6)31-45/h19-20,37-43H,11-18H2,1-10H3. The number of rotatable bonds is 15. The van der Waals surface area contributed by atoms with Gasteiger partial charge in [0.25, 0.3) is 46.4 Å². The second-order valence-electron chi connectivity index (χ2n) is 12.2. The van der Waals surface area contributed by atoms with Crippen LogP contribution in [0.2, 0.25) is 101 Å². The van der Waals surface area contributed by atoms with Gasteiger partial charge >= 0.3 is 46.4 Å². The van der Waals surface area contributed by atoms with Gasteiger partial charge in [0.15, 0.2) is 18.1 Å². The van der Waals surface area contributed by atoms with Crippen LogP contribution in [0, 0.1) is 0 Å². The van der Waals surface area contributed by atoms with Gasteiger partial charge in [0, 0.05) is 12.2 Å². The molecule has 0 aromatic heterocycles. The van der Waals surface area contributed by atoms with Crippen molar-refractivity contribution in [3.63, 3.8) is 0 Å². The molecule has 0 bridgehead atoms. The van der Waals surface area contributed by atoms with E-state index in [1.807, 2.05) is 0 Å². The summed E-state index contributed by atoms with van der Waals surface area (Å²) >= 11 is 0. The SMILES string of the molecule is CC1C[SiH](C)O[SiH](C)O[Si](CC[Si]O[Si]O[Si](CC[Si]2(C)O[SiH](C)O[SiH](C)O[SiH](C)O2)O[Si]CC[Si]2OC(C)C[SiH](C)O[SiH](C)O2)O1. The number of hydrogen-bond donors (Lipinski definition) is 0. The molecule has 3 aliphatic rings. The molecular weight excluding hydrogens is 841 g/mol. The van der Waals surface area contributed by atoms with Crippen molar-refractivity contribution in [2.24, 2.45) is 0 Å². The molecule has 3 fully saturated rings. The minimum absolute atomic E-state index is 0.0721. The van der Waals surface area contributed by atoms with Gasteiger partial charge in [-0.25, -0.2) is 0 Å². The molecule has 9 radical (unpaired) electrons. The predicted octanol–water partition coefficient (Wildman–Crippen LogP) is 1.12. The van der Waals surface area contributed by atoms with Crippen LogP contribution in [0.1, 0.15) is 13.8 Å². The van der Waals surface area contributed by atoms with E-state index in [0.717, 1.165) is 48.4 Å². The normalized spacial score (nSPS) is 37.5. The quantitative estimate of drug-likeness (QED) is 0.173. The molecule has 0 aliphatic carbocycles. The first kappa shape index (κ1) is 43.9. The summed E-state index contributed by atoms with van der Waals surface area (Å²) in [6, 6.07) is 7.17. The number of hydrogen-bond acceptors (Lipinski definition) is 13. The van der Waals surface area contributed by atoms with Gasteiger partial charge in [0.05, 0.1) is 0 Å². The van der Waals surface area contributed by atoms with Crippen LogP contribution in [0.4, 0.5) is 0 Å². The van der Waals surface area contributed by atoms with Gasteiger partial charge in [-0.3, -0.25) is 0 Å². The lowest BCUT2D eigenvalue weighted by atomic mass is 10.5. The van der Waals surface area contributed by atoms with Crippen molar-refractivity contribution < 1.29 is 54.1 Å². The molecule has 269 valence electrons. The van der Waals surface area contributed by atoms with Crippen molar-refractivity contribution in [3.8, 4) is 0 Å². The highest BCUT2D eigenvalue weighted by Crippen LogP contribution is 2.24. The van der Waals surface area contributed by atoms with Gasteiger partial charge in [0.2, 0.25) is 19.5 Å². The Hall–Kier alpha value is 2.52. The van der Waals surface area contributed by atoms with Crippen LogP contribution in [0.3, 0.4) is 0 Å². The third-order valence-electron chi connectivity index (χ3n) is 7.13. The Morgan fingerprint density at radius 3 is 1.74 bits per heavy atom. The Kier molecular flexibility index (Phi) is 21.8. The summed E-state index contributed by atoms with van der Waals surface area (Å²) in [5.74, 6) is 0. The Bertz CT molecular complexity index is 827. The molecule has 0 amide bonds. The van der Waals surface area contributed by atoms with Crippen molar-refractivity contribution >= 4 is 130 Å². The molecule has 27 heteroatoms. The smallest absolute Gasteiger partial charge is 0.411 e. The topological polar surface area (TPSA) is 120 Å². The van der Waals surface area contributed by atoms with Gasteiger partial charge in [-0.2, -0.15) is 0 Å². The zero-order valence-corrected chi connectivity index (χ0v) is 44.7. The minimum atomic E-state index is -2.49. The molecule has 3 aliphatic heterocycles. The molecule has 8 atom stereocenters. The zero-order chi connectivity index (χ0) is 34.4. The first-order chi connectivity index (χ1) is 22.3. The lowest BCUT2D eigenvalue weighted by Crippen LogP contribution is -2.53. The molecule has 0 aromatic carbocycles. The van der Waals surface area contributed by atoms with Crippen LogP contribution < -0.4 is 0 Å². The molecule has 3 heterocycles. The van der Waals surface area contributed by atoms with E-state index in [2.05, 4.69) is 66.2 Å². The molecule has 13 nitrogen and oxygen atoms in total. The largest absolute Gasteiger partial charge is 0.441 e. The van der Waals surface area contributed by atoms with E-state index in [-0.39, 0.29) is 22.2 Å². The molecule has 0 N–H and O–H groups in total. The van der Waals surface area contributed by atoms with E-state index >= 15 is 0 Å². The third kappa shape index (κ3) is 18.9.